The molecule has 0 saturated carbocycles. The zero-order valence-corrected chi connectivity index (χ0v) is 13.4. The minimum atomic E-state index is -3.65. The number of sulfonamides is 1. The summed E-state index contributed by atoms with van der Waals surface area (Å²) in [6, 6.07) is 15.3. The Morgan fingerprint density at radius 1 is 1.18 bits per heavy atom. The summed E-state index contributed by atoms with van der Waals surface area (Å²) in [4.78, 5) is 0.210. The molecule has 0 heterocycles. The molecule has 2 aromatic rings. The molecule has 4 nitrogen and oxygen atoms in total. The van der Waals surface area contributed by atoms with E-state index in [4.69, 9.17) is 5.26 Å². The Kier molecular flexibility index (Phi) is 4.84. The van der Waals surface area contributed by atoms with E-state index < -0.39 is 10.0 Å². The van der Waals surface area contributed by atoms with Crippen LogP contribution in [-0.2, 0) is 10.0 Å². The van der Waals surface area contributed by atoms with E-state index >= 15 is 0 Å². The van der Waals surface area contributed by atoms with Gasteiger partial charge >= 0.3 is 0 Å². The van der Waals surface area contributed by atoms with Crippen LogP contribution in [0.4, 0.5) is 5.69 Å². The van der Waals surface area contributed by atoms with E-state index in [2.05, 4.69) is 18.6 Å². The first-order valence-electron chi connectivity index (χ1n) is 7.09. The molecule has 0 amide bonds. The standard InChI is InChI=1S/C17H18N2O2S/c1-3-13(2)15-7-9-17(10-8-15)22(20,21)19-16-6-4-5-14(11-16)12-18/h4-11,13,19H,3H2,1-2H3/t13-/m0/s1. The molecular formula is C17H18N2O2S. The minimum Gasteiger partial charge on any atom is -0.280 e. The lowest BCUT2D eigenvalue weighted by Gasteiger charge is -2.11. The lowest BCUT2D eigenvalue weighted by molar-refractivity contribution is 0.601. The maximum Gasteiger partial charge on any atom is 0.261 e. The number of hydrogen-bond donors (Lipinski definition) is 1. The van der Waals surface area contributed by atoms with E-state index in [-0.39, 0.29) is 4.90 Å². The Hall–Kier alpha value is -2.32. The Morgan fingerprint density at radius 3 is 2.45 bits per heavy atom. The largest absolute Gasteiger partial charge is 0.280 e. The molecule has 0 fully saturated rings. The minimum absolute atomic E-state index is 0.210. The molecule has 5 heteroatoms. The third-order valence-electron chi connectivity index (χ3n) is 3.62. The van der Waals surface area contributed by atoms with Gasteiger partial charge in [-0.25, -0.2) is 8.42 Å². The Bertz CT molecular complexity index is 790. The second kappa shape index (κ2) is 6.63. The first kappa shape index (κ1) is 16.1. The molecule has 2 rings (SSSR count). The quantitative estimate of drug-likeness (QED) is 0.910. The molecule has 1 atom stereocenters. The summed E-state index contributed by atoms with van der Waals surface area (Å²) in [7, 11) is -3.65. The molecule has 0 aromatic heterocycles. The van der Waals surface area contributed by atoms with Gasteiger partial charge in [0.25, 0.3) is 10.0 Å². The van der Waals surface area contributed by atoms with Crippen molar-refractivity contribution in [3.8, 4) is 6.07 Å². The fraction of sp³-hybridized carbons (Fsp3) is 0.235. The summed E-state index contributed by atoms with van der Waals surface area (Å²) in [6.45, 7) is 4.20. The van der Waals surface area contributed by atoms with Gasteiger partial charge in [-0.2, -0.15) is 5.26 Å². The van der Waals surface area contributed by atoms with Crippen LogP contribution in [0.5, 0.6) is 0 Å². The maximum absolute atomic E-state index is 12.4. The molecule has 0 unspecified atom stereocenters. The molecule has 2 aromatic carbocycles. The van der Waals surface area contributed by atoms with Gasteiger partial charge in [-0.15, -0.1) is 0 Å². The number of nitrogens with one attached hydrogen (secondary N) is 1. The van der Waals surface area contributed by atoms with Gasteiger partial charge in [-0.05, 0) is 48.2 Å². The number of hydrogen-bond acceptors (Lipinski definition) is 3. The number of anilines is 1. The number of rotatable bonds is 5. The van der Waals surface area contributed by atoms with Crippen LogP contribution in [0.1, 0.15) is 37.3 Å². The van der Waals surface area contributed by atoms with Crippen LogP contribution in [0.15, 0.2) is 53.4 Å². The fourth-order valence-corrected chi connectivity index (χ4v) is 3.13. The fourth-order valence-electron chi connectivity index (χ4n) is 2.08. The molecule has 0 radical (unpaired) electrons. The summed E-state index contributed by atoms with van der Waals surface area (Å²) in [5.74, 6) is 0.400. The van der Waals surface area contributed by atoms with Crippen molar-refractivity contribution in [3.05, 3.63) is 59.7 Å². The van der Waals surface area contributed by atoms with E-state index in [1.54, 1.807) is 30.3 Å². The lowest BCUT2D eigenvalue weighted by Crippen LogP contribution is -2.13. The molecule has 0 aliphatic heterocycles. The van der Waals surface area contributed by atoms with E-state index in [9.17, 15) is 8.42 Å². The highest BCUT2D eigenvalue weighted by Crippen LogP contribution is 2.22. The monoisotopic (exact) mass is 314 g/mol. The van der Waals surface area contributed by atoms with Gasteiger partial charge in [-0.3, -0.25) is 4.72 Å². The van der Waals surface area contributed by atoms with Crippen LogP contribution in [0, 0.1) is 11.3 Å². The van der Waals surface area contributed by atoms with Crippen LogP contribution >= 0.6 is 0 Å². The molecule has 0 bridgehead atoms. The van der Waals surface area contributed by atoms with E-state index in [1.807, 2.05) is 18.2 Å². The van der Waals surface area contributed by atoms with Gasteiger partial charge in [-0.1, -0.05) is 32.0 Å². The van der Waals surface area contributed by atoms with Crippen LogP contribution in [0.2, 0.25) is 0 Å². The zero-order valence-electron chi connectivity index (χ0n) is 12.6. The predicted molar refractivity (Wildman–Crippen MR) is 87.1 cm³/mol. The summed E-state index contributed by atoms with van der Waals surface area (Å²) in [5, 5.41) is 8.86. The second-order valence-electron chi connectivity index (χ2n) is 5.18. The van der Waals surface area contributed by atoms with Gasteiger partial charge in [0.2, 0.25) is 0 Å². The number of nitriles is 1. The Morgan fingerprint density at radius 2 is 1.86 bits per heavy atom. The van der Waals surface area contributed by atoms with E-state index in [0.29, 0.717) is 17.2 Å². The number of nitrogens with zero attached hydrogens (tertiary/aromatic N) is 1. The SMILES string of the molecule is CC[C@H](C)c1ccc(S(=O)(=O)Nc2cccc(C#N)c2)cc1. The van der Waals surface area contributed by atoms with Gasteiger partial charge in [0.1, 0.15) is 0 Å². The molecule has 1 N–H and O–H groups in total. The van der Waals surface area contributed by atoms with Crippen molar-refractivity contribution >= 4 is 15.7 Å². The smallest absolute Gasteiger partial charge is 0.261 e. The summed E-state index contributed by atoms with van der Waals surface area (Å²) in [5.41, 5.74) is 1.91. The van der Waals surface area contributed by atoms with E-state index in [1.165, 1.54) is 6.07 Å². The summed E-state index contributed by atoms with van der Waals surface area (Å²) in [6.07, 6.45) is 1.01. The predicted octanol–water partition coefficient (Wildman–Crippen LogP) is 3.87. The van der Waals surface area contributed by atoms with Crippen molar-refractivity contribution in [1.29, 1.82) is 5.26 Å². The van der Waals surface area contributed by atoms with Crippen LogP contribution in [0.3, 0.4) is 0 Å². The first-order chi connectivity index (χ1) is 10.5. The molecule has 0 saturated heterocycles. The summed E-state index contributed by atoms with van der Waals surface area (Å²) < 4.78 is 27.2. The first-order valence-corrected chi connectivity index (χ1v) is 8.57. The molecule has 0 spiro atoms. The highest BCUT2D eigenvalue weighted by atomic mass is 32.2. The maximum atomic E-state index is 12.4. The van der Waals surface area contributed by atoms with Crippen molar-refractivity contribution in [3.63, 3.8) is 0 Å². The number of benzene rings is 2. The third-order valence-corrected chi connectivity index (χ3v) is 5.01. The van der Waals surface area contributed by atoms with Crippen molar-refractivity contribution < 1.29 is 8.42 Å². The van der Waals surface area contributed by atoms with Crippen molar-refractivity contribution in [2.45, 2.75) is 31.1 Å². The average molecular weight is 314 g/mol. The second-order valence-corrected chi connectivity index (χ2v) is 6.86. The van der Waals surface area contributed by atoms with Gasteiger partial charge in [0.05, 0.1) is 22.2 Å². The van der Waals surface area contributed by atoms with Gasteiger partial charge in [0, 0.05) is 0 Å². The molecule has 0 aliphatic rings. The lowest BCUT2D eigenvalue weighted by atomic mass is 9.99. The van der Waals surface area contributed by atoms with Crippen LogP contribution < -0.4 is 4.72 Å². The molecule has 0 aliphatic carbocycles. The van der Waals surface area contributed by atoms with Crippen molar-refractivity contribution in [2.75, 3.05) is 4.72 Å². The molecular weight excluding hydrogens is 296 g/mol. The highest BCUT2D eigenvalue weighted by molar-refractivity contribution is 7.92. The van der Waals surface area contributed by atoms with Crippen LogP contribution in [-0.4, -0.2) is 8.42 Å². The van der Waals surface area contributed by atoms with Crippen LogP contribution in [0.25, 0.3) is 0 Å². The summed E-state index contributed by atoms with van der Waals surface area (Å²) >= 11 is 0. The highest BCUT2D eigenvalue weighted by Gasteiger charge is 2.15. The van der Waals surface area contributed by atoms with Crippen molar-refractivity contribution in [1.82, 2.24) is 0 Å². The topological polar surface area (TPSA) is 70.0 Å². The average Bonchev–Trinajstić information content (AvgIpc) is 2.54. The van der Waals surface area contributed by atoms with Gasteiger partial charge in [0.15, 0.2) is 0 Å². The van der Waals surface area contributed by atoms with E-state index in [0.717, 1.165) is 12.0 Å². The van der Waals surface area contributed by atoms with Crippen molar-refractivity contribution in [2.24, 2.45) is 0 Å². The normalized spacial score (nSPS) is 12.4. The Balaban J connectivity index is 2.25. The molecule has 22 heavy (non-hydrogen) atoms. The van der Waals surface area contributed by atoms with Gasteiger partial charge < -0.3 is 0 Å². The zero-order chi connectivity index (χ0) is 16.2. The third kappa shape index (κ3) is 3.66. The Labute approximate surface area is 131 Å². The molecule has 114 valence electrons.